The van der Waals surface area contributed by atoms with E-state index in [0.29, 0.717) is 12.1 Å². The molecule has 0 aliphatic carbocycles. The molecule has 9 heteroatoms. The van der Waals surface area contributed by atoms with Gasteiger partial charge < -0.3 is 10.0 Å². The molecule has 1 N–H and O–H groups in total. The van der Waals surface area contributed by atoms with E-state index in [0.717, 1.165) is 11.3 Å². The fraction of sp³-hybridized carbons (Fsp3) is 0.400. The Balaban J connectivity index is 2.09. The third-order valence-corrected chi connectivity index (χ3v) is 5.73. The van der Waals surface area contributed by atoms with Gasteiger partial charge in [-0.1, -0.05) is 19.1 Å². The minimum absolute atomic E-state index is 0.0740. The van der Waals surface area contributed by atoms with E-state index in [1.165, 1.54) is 14.1 Å². The zero-order valence-corrected chi connectivity index (χ0v) is 18.0. The van der Waals surface area contributed by atoms with Gasteiger partial charge in [-0.25, -0.2) is 5.01 Å². The molecule has 3 rings (SSSR count). The molecule has 0 bridgehead atoms. The highest BCUT2D eigenvalue weighted by Gasteiger charge is 2.35. The van der Waals surface area contributed by atoms with Crippen LogP contribution in [0.4, 0.5) is 5.69 Å². The molecule has 0 fully saturated rings. The second-order valence-electron chi connectivity index (χ2n) is 7.25. The molecule has 0 unspecified atom stereocenters. The molecule has 1 aliphatic heterocycles. The van der Waals surface area contributed by atoms with Crippen LogP contribution in [-0.4, -0.2) is 45.0 Å². The fourth-order valence-electron chi connectivity index (χ4n) is 3.39. The summed E-state index contributed by atoms with van der Waals surface area (Å²) in [5.41, 5.74) is 1.97. The van der Waals surface area contributed by atoms with Gasteiger partial charge in [0.2, 0.25) is 11.8 Å². The smallest absolute Gasteiger partial charge is 0.267 e. The Morgan fingerprint density at radius 1 is 1.24 bits per heavy atom. The van der Waals surface area contributed by atoms with Gasteiger partial charge in [-0.2, -0.15) is 5.10 Å². The Bertz CT molecular complexity index is 1100. The van der Waals surface area contributed by atoms with Crippen molar-refractivity contribution in [1.82, 2.24) is 14.1 Å². The summed E-state index contributed by atoms with van der Waals surface area (Å²) >= 11 is 5.18. The van der Waals surface area contributed by atoms with Crippen LogP contribution in [0.3, 0.4) is 0 Å². The SMILES string of the molecule is CCC(=O)N1N=C(c2c(O)n(C)c(=S)n(C)c2=O)C[C@H]1c1ccc(N(C)C)cc1. The number of anilines is 1. The van der Waals surface area contributed by atoms with Crippen molar-refractivity contribution >= 4 is 29.5 Å². The number of carbonyl (C=O) groups is 1. The van der Waals surface area contributed by atoms with Crippen LogP contribution in [0.25, 0.3) is 0 Å². The van der Waals surface area contributed by atoms with Gasteiger partial charge in [0.1, 0.15) is 5.56 Å². The van der Waals surface area contributed by atoms with E-state index in [4.69, 9.17) is 12.2 Å². The van der Waals surface area contributed by atoms with Crippen LogP contribution < -0.4 is 10.5 Å². The predicted octanol–water partition coefficient (Wildman–Crippen LogP) is 2.31. The monoisotopic (exact) mass is 415 g/mol. The van der Waals surface area contributed by atoms with Crippen molar-refractivity contribution in [3.05, 3.63) is 50.5 Å². The first-order valence-electron chi connectivity index (χ1n) is 9.33. The molecule has 1 amide bonds. The van der Waals surface area contributed by atoms with Gasteiger partial charge in [0, 0.05) is 46.7 Å². The fourth-order valence-corrected chi connectivity index (χ4v) is 3.56. The van der Waals surface area contributed by atoms with Crippen LogP contribution in [0.2, 0.25) is 0 Å². The summed E-state index contributed by atoms with van der Waals surface area (Å²) in [4.78, 5) is 27.3. The number of hydrogen-bond donors (Lipinski definition) is 1. The standard InChI is InChI=1S/C20H25N5O3S/c1-6-16(26)25-15(12-7-9-13(10-8-12)22(2)3)11-14(21-25)17-18(27)23(4)20(29)24(5)19(17)28/h7-10,15,27H,6,11H2,1-5H3/t15-/m0/s1. The molecule has 0 saturated heterocycles. The first-order chi connectivity index (χ1) is 13.7. The van der Waals surface area contributed by atoms with Gasteiger partial charge in [-0.3, -0.25) is 18.7 Å². The molecule has 0 saturated carbocycles. The minimum atomic E-state index is -0.433. The summed E-state index contributed by atoms with van der Waals surface area (Å²) in [5, 5.41) is 16.4. The van der Waals surface area contributed by atoms with Crippen LogP contribution in [-0.2, 0) is 18.9 Å². The molecule has 2 aromatic rings. The molecule has 0 spiro atoms. The van der Waals surface area contributed by atoms with Crippen molar-refractivity contribution in [2.75, 3.05) is 19.0 Å². The highest BCUT2D eigenvalue weighted by atomic mass is 32.1. The Morgan fingerprint density at radius 3 is 2.41 bits per heavy atom. The van der Waals surface area contributed by atoms with Gasteiger partial charge in [-0.05, 0) is 29.9 Å². The van der Waals surface area contributed by atoms with E-state index in [1.54, 1.807) is 21.0 Å². The molecule has 1 aromatic carbocycles. The van der Waals surface area contributed by atoms with Gasteiger partial charge in [-0.15, -0.1) is 0 Å². The van der Waals surface area contributed by atoms with Gasteiger partial charge in [0.05, 0.1) is 11.8 Å². The molecule has 1 atom stereocenters. The number of rotatable bonds is 4. The predicted molar refractivity (Wildman–Crippen MR) is 115 cm³/mol. The Labute approximate surface area is 174 Å². The largest absolute Gasteiger partial charge is 0.494 e. The quantitative estimate of drug-likeness (QED) is 0.775. The third-order valence-electron chi connectivity index (χ3n) is 5.18. The van der Waals surface area contributed by atoms with Crippen molar-refractivity contribution in [2.24, 2.45) is 19.2 Å². The average Bonchev–Trinajstić information content (AvgIpc) is 3.15. The lowest BCUT2D eigenvalue weighted by atomic mass is 9.98. The molecule has 154 valence electrons. The van der Waals surface area contributed by atoms with Crippen LogP contribution >= 0.6 is 12.2 Å². The van der Waals surface area contributed by atoms with E-state index in [9.17, 15) is 14.7 Å². The summed E-state index contributed by atoms with van der Waals surface area (Å²) in [7, 11) is 7.05. The summed E-state index contributed by atoms with van der Waals surface area (Å²) < 4.78 is 2.85. The third kappa shape index (κ3) is 3.57. The van der Waals surface area contributed by atoms with Crippen LogP contribution in [0, 0.1) is 4.77 Å². The molecule has 29 heavy (non-hydrogen) atoms. The number of hydrazone groups is 1. The van der Waals surface area contributed by atoms with E-state index >= 15 is 0 Å². The zero-order chi connectivity index (χ0) is 21.5. The number of aromatic nitrogens is 2. The maximum Gasteiger partial charge on any atom is 0.267 e. The maximum absolute atomic E-state index is 12.8. The summed E-state index contributed by atoms with van der Waals surface area (Å²) in [5.74, 6) is -0.397. The second kappa shape index (κ2) is 7.82. The number of carbonyl (C=O) groups excluding carboxylic acids is 1. The van der Waals surface area contributed by atoms with Gasteiger partial charge in [0.15, 0.2) is 4.77 Å². The lowest BCUT2D eigenvalue weighted by molar-refractivity contribution is -0.132. The van der Waals surface area contributed by atoms with Crippen molar-refractivity contribution in [3.63, 3.8) is 0 Å². The molecule has 1 aliphatic rings. The highest BCUT2D eigenvalue weighted by Crippen LogP contribution is 2.34. The Kier molecular flexibility index (Phi) is 5.61. The zero-order valence-electron chi connectivity index (χ0n) is 17.2. The first-order valence-corrected chi connectivity index (χ1v) is 9.74. The van der Waals surface area contributed by atoms with Crippen molar-refractivity contribution in [1.29, 1.82) is 0 Å². The molecule has 0 radical (unpaired) electrons. The molecule has 8 nitrogen and oxygen atoms in total. The minimum Gasteiger partial charge on any atom is -0.494 e. The number of amides is 1. The van der Waals surface area contributed by atoms with Gasteiger partial charge in [0.25, 0.3) is 5.56 Å². The van der Waals surface area contributed by atoms with Crippen LogP contribution in [0.5, 0.6) is 5.88 Å². The Morgan fingerprint density at radius 2 is 1.86 bits per heavy atom. The normalized spacial score (nSPS) is 16.1. The molecular formula is C20H25N5O3S. The second-order valence-corrected chi connectivity index (χ2v) is 7.61. The number of benzene rings is 1. The highest BCUT2D eigenvalue weighted by molar-refractivity contribution is 7.71. The average molecular weight is 416 g/mol. The summed E-state index contributed by atoms with van der Waals surface area (Å²) in [6, 6.07) is 7.53. The van der Waals surface area contributed by atoms with Gasteiger partial charge >= 0.3 is 0 Å². The lowest BCUT2D eigenvalue weighted by Gasteiger charge is -2.22. The van der Waals surface area contributed by atoms with Crippen LogP contribution in [0.1, 0.15) is 36.9 Å². The summed E-state index contributed by atoms with van der Waals surface area (Å²) in [6.07, 6.45) is 0.610. The number of nitrogens with zero attached hydrogens (tertiary/aromatic N) is 5. The van der Waals surface area contributed by atoms with E-state index < -0.39 is 5.56 Å². The van der Waals surface area contributed by atoms with Crippen molar-refractivity contribution in [3.8, 4) is 5.88 Å². The van der Waals surface area contributed by atoms with Crippen molar-refractivity contribution in [2.45, 2.75) is 25.8 Å². The molecule has 2 heterocycles. The number of aromatic hydroxyl groups is 1. The number of hydrogen-bond acceptors (Lipinski definition) is 6. The lowest BCUT2D eigenvalue weighted by Crippen LogP contribution is -2.28. The van der Waals surface area contributed by atoms with Crippen LogP contribution in [0.15, 0.2) is 34.2 Å². The van der Waals surface area contributed by atoms with E-state index in [2.05, 4.69) is 5.10 Å². The maximum atomic E-state index is 12.8. The van der Waals surface area contributed by atoms with Crippen molar-refractivity contribution < 1.29 is 9.90 Å². The molecular weight excluding hydrogens is 390 g/mol. The van der Waals surface area contributed by atoms with E-state index in [1.807, 2.05) is 43.3 Å². The topological polar surface area (TPSA) is 83.1 Å². The Hall–Kier alpha value is -2.94. The molecule has 1 aromatic heterocycles. The van der Waals surface area contributed by atoms with E-state index in [-0.39, 0.29) is 34.6 Å². The first kappa shape index (κ1) is 20.8. The summed E-state index contributed by atoms with van der Waals surface area (Å²) in [6.45, 7) is 1.77.